The molecule has 206 valence electrons. The Morgan fingerprint density at radius 2 is 1.82 bits per heavy atom. The van der Waals surface area contributed by atoms with Gasteiger partial charge in [-0.05, 0) is 66.2 Å². The number of carbonyl (C=O) groups excluding carboxylic acids is 1. The topological polar surface area (TPSA) is 106 Å². The minimum absolute atomic E-state index is 0.0355. The van der Waals surface area contributed by atoms with Crippen molar-refractivity contribution in [1.82, 2.24) is 30.4 Å². The average molecular weight is 544 g/mol. The molecule has 3 fully saturated rings. The Balaban J connectivity index is 1.11. The molecule has 0 radical (unpaired) electrons. The summed E-state index contributed by atoms with van der Waals surface area (Å²) in [6, 6.07) is 11.2. The first-order chi connectivity index (χ1) is 18.8. The van der Waals surface area contributed by atoms with Crippen molar-refractivity contribution in [3.8, 4) is 11.4 Å². The highest BCUT2D eigenvalue weighted by molar-refractivity contribution is 5.89. The van der Waals surface area contributed by atoms with Gasteiger partial charge in [-0.1, -0.05) is 24.3 Å². The van der Waals surface area contributed by atoms with Crippen molar-refractivity contribution < 1.29 is 27.4 Å². The summed E-state index contributed by atoms with van der Waals surface area (Å²) in [5.41, 5.74) is 1.28. The number of hydrogen-bond donors (Lipinski definition) is 2. The Labute approximate surface area is 222 Å². The molecule has 3 saturated heterocycles. The Hall–Kier alpha value is -3.55. The Bertz CT molecular complexity index is 1330. The van der Waals surface area contributed by atoms with E-state index in [0.29, 0.717) is 5.82 Å². The summed E-state index contributed by atoms with van der Waals surface area (Å²) in [6.45, 7) is 3.56. The largest absolute Gasteiger partial charge is 0.416 e. The SMILES string of the molecule is O=C(Nc1cccc(C(F)(F)F)c1)NC1COC2C1OCC2n1nnnc1-c1cccc(CN2CCCC2)c1. The van der Waals surface area contributed by atoms with Crippen molar-refractivity contribution in [2.75, 3.05) is 31.6 Å². The van der Waals surface area contributed by atoms with Gasteiger partial charge in [0.2, 0.25) is 0 Å². The number of tetrazole rings is 1. The lowest BCUT2D eigenvalue weighted by molar-refractivity contribution is -0.137. The van der Waals surface area contributed by atoms with Crippen molar-refractivity contribution in [3.05, 3.63) is 59.7 Å². The van der Waals surface area contributed by atoms with Gasteiger partial charge in [-0.25, -0.2) is 9.48 Å². The van der Waals surface area contributed by atoms with Gasteiger partial charge in [0, 0.05) is 17.8 Å². The van der Waals surface area contributed by atoms with Crippen LogP contribution >= 0.6 is 0 Å². The van der Waals surface area contributed by atoms with E-state index in [1.807, 2.05) is 12.1 Å². The third kappa shape index (κ3) is 5.47. The number of likely N-dealkylation sites (tertiary alicyclic amines) is 1. The summed E-state index contributed by atoms with van der Waals surface area (Å²) in [5.74, 6) is 0.606. The molecular formula is C26H28F3N7O3. The predicted molar refractivity (Wildman–Crippen MR) is 134 cm³/mol. The zero-order valence-electron chi connectivity index (χ0n) is 21.0. The van der Waals surface area contributed by atoms with Gasteiger partial charge in [0.25, 0.3) is 0 Å². The highest BCUT2D eigenvalue weighted by Crippen LogP contribution is 2.36. The van der Waals surface area contributed by atoms with Gasteiger partial charge < -0.3 is 20.1 Å². The number of alkyl halides is 3. The zero-order valence-corrected chi connectivity index (χ0v) is 21.0. The molecule has 0 spiro atoms. The number of fused-ring (bicyclic) bond motifs is 1. The Morgan fingerprint density at radius 1 is 1.03 bits per heavy atom. The lowest BCUT2D eigenvalue weighted by Gasteiger charge is -2.19. The van der Waals surface area contributed by atoms with Gasteiger partial charge in [-0.15, -0.1) is 5.10 Å². The van der Waals surface area contributed by atoms with Crippen LogP contribution in [0.25, 0.3) is 11.4 Å². The van der Waals surface area contributed by atoms with E-state index in [-0.39, 0.29) is 24.9 Å². The maximum atomic E-state index is 13.0. The predicted octanol–water partition coefficient (Wildman–Crippen LogP) is 3.48. The van der Waals surface area contributed by atoms with E-state index in [2.05, 4.69) is 43.2 Å². The number of carbonyl (C=O) groups is 1. The number of rotatable bonds is 6. The van der Waals surface area contributed by atoms with Crippen LogP contribution in [0.3, 0.4) is 0 Å². The monoisotopic (exact) mass is 543 g/mol. The van der Waals surface area contributed by atoms with Gasteiger partial charge in [0.05, 0.1) is 24.8 Å². The van der Waals surface area contributed by atoms with Crippen LogP contribution in [0, 0.1) is 0 Å². The molecule has 6 rings (SSSR count). The molecule has 4 heterocycles. The normalized spacial score (nSPS) is 25.1. The fourth-order valence-electron chi connectivity index (χ4n) is 5.54. The first-order valence-electron chi connectivity index (χ1n) is 12.9. The second-order valence-corrected chi connectivity index (χ2v) is 10.1. The van der Waals surface area contributed by atoms with Crippen LogP contribution in [0.4, 0.5) is 23.7 Å². The molecule has 4 unspecified atom stereocenters. The highest BCUT2D eigenvalue weighted by Gasteiger charge is 2.50. The summed E-state index contributed by atoms with van der Waals surface area (Å²) in [4.78, 5) is 15.0. The minimum atomic E-state index is -4.50. The molecule has 0 bridgehead atoms. The van der Waals surface area contributed by atoms with Crippen LogP contribution < -0.4 is 10.6 Å². The molecule has 2 N–H and O–H groups in total. The van der Waals surface area contributed by atoms with Crippen LogP contribution in [0.5, 0.6) is 0 Å². The van der Waals surface area contributed by atoms with Crippen molar-refractivity contribution in [3.63, 3.8) is 0 Å². The van der Waals surface area contributed by atoms with Crippen LogP contribution in [-0.2, 0) is 22.2 Å². The number of benzene rings is 2. The molecule has 2 amide bonds. The molecule has 2 aromatic carbocycles. The smallest absolute Gasteiger partial charge is 0.371 e. The molecule has 0 saturated carbocycles. The van der Waals surface area contributed by atoms with E-state index in [1.165, 1.54) is 30.5 Å². The number of amides is 2. The summed E-state index contributed by atoms with van der Waals surface area (Å²) < 4.78 is 52.7. The van der Waals surface area contributed by atoms with Gasteiger partial charge >= 0.3 is 12.2 Å². The summed E-state index contributed by atoms with van der Waals surface area (Å²) in [5, 5.41) is 17.6. The number of anilines is 1. The first kappa shape index (κ1) is 25.7. The second kappa shape index (κ2) is 10.5. The number of urea groups is 1. The van der Waals surface area contributed by atoms with Crippen molar-refractivity contribution in [2.45, 2.75) is 49.9 Å². The summed E-state index contributed by atoms with van der Waals surface area (Å²) in [7, 11) is 0. The fourth-order valence-corrected chi connectivity index (χ4v) is 5.54. The molecular weight excluding hydrogens is 515 g/mol. The van der Waals surface area contributed by atoms with Gasteiger partial charge in [0.15, 0.2) is 5.82 Å². The molecule has 39 heavy (non-hydrogen) atoms. The molecule has 4 atom stereocenters. The van der Waals surface area contributed by atoms with E-state index >= 15 is 0 Å². The van der Waals surface area contributed by atoms with Crippen molar-refractivity contribution in [1.29, 1.82) is 0 Å². The quantitative estimate of drug-likeness (QED) is 0.490. The number of ether oxygens (including phenoxy) is 2. The van der Waals surface area contributed by atoms with E-state index in [1.54, 1.807) is 4.68 Å². The van der Waals surface area contributed by atoms with E-state index in [0.717, 1.165) is 37.3 Å². The van der Waals surface area contributed by atoms with Crippen molar-refractivity contribution >= 4 is 11.7 Å². The number of halogens is 3. The zero-order chi connectivity index (χ0) is 27.0. The standard InChI is InChI=1S/C26H28F3N7O3/c27-26(28,29)18-7-4-8-19(12-18)30-25(37)31-20-14-38-23-21(15-39-22(20)23)36-24(32-33-34-36)17-6-3-5-16(11-17)13-35-9-1-2-10-35/h3-8,11-12,20-23H,1-2,9-10,13-15H2,(H2,30,31,37). The lowest BCUT2D eigenvalue weighted by Crippen LogP contribution is -2.45. The molecule has 3 aromatic rings. The van der Waals surface area contributed by atoms with Gasteiger partial charge in [-0.3, -0.25) is 4.90 Å². The fraction of sp³-hybridized carbons (Fsp3) is 0.462. The van der Waals surface area contributed by atoms with Gasteiger partial charge in [-0.2, -0.15) is 13.2 Å². The molecule has 0 aliphatic carbocycles. The highest BCUT2D eigenvalue weighted by atomic mass is 19.4. The minimum Gasteiger partial charge on any atom is -0.371 e. The molecule has 1 aromatic heterocycles. The van der Waals surface area contributed by atoms with E-state index in [4.69, 9.17) is 9.47 Å². The number of nitrogens with zero attached hydrogens (tertiary/aromatic N) is 5. The first-order valence-corrected chi connectivity index (χ1v) is 12.9. The van der Waals surface area contributed by atoms with Crippen LogP contribution in [0.1, 0.15) is 30.0 Å². The maximum absolute atomic E-state index is 13.0. The average Bonchev–Trinajstić information content (AvgIpc) is 3.70. The number of aromatic nitrogens is 4. The van der Waals surface area contributed by atoms with Crippen LogP contribution in [-0.4, -0.2) is 75.7 Å². The molecule has 3 aliphatic rings. The van der Waals surface area contributed by atoms with Crippen LogP contribution in [0.15, 0.2) is 48.5 Å². The maximum Gasteiger partial charge on any atom is 0.416 e. The van der Waals surface area contributed by atoms with Gasteiger partial charge in [0.1, 0.15) is 18.2 Å². The number of hydrogen-bond acceptors (Lipinski definition) is 7. The third-order valence-electron chi connectivity index (χ3n) is 7.39. The molecule has 13 heteroatoms. The second-order valence-electron chi connectivity index (χ2n) is 10.1. The number of nitrogens with one attached hydrogen (secondary N) is 2. The molecule has 10 nitrogen and oxygen atoms in total. The summed E-state index contributed by atoms with van der Waals surface area (Å²) in [6.07, 6.45) is -2.91. The summed E-state index contributed by atoms with van der Waals surface area (Å²) >= 11 is 0. The lowest BCUT2D eigenvalue weighted by atomic mass is 10.1. The Morgan fingerprint density at radius 3 is 2.64 bits per heavy atom. The van der Waals surface area contributed by atoms with Crippen molar-refractivity contribution in [2.24, 2.45) is 0 Å². The third-order valence-corrected chi connectivity index (χ3v) is 7.39. The Kier molecular flexibility index (Phi) is 6.95. The molecule has 3 aliphatic heterocycles. The van der Waals surface area contributed by atoms with Crippen LogP contribution in [0.2, 0.25) is 0 Å². The van der Waals surface area contributed by atoms with E-state index < -0.39 is 36.0 Å². The van der Waals surface area contributed by atoms with E-state index in [9.17, 15) is 18.0 Å².